The van der Waals surface area contributed by atoms with Gasteiger partial charge in [0.1, 0.15) is 6.04 Å². The summed E-state index contributed by atoms with van der Waals surface area (Å²) < 4.78 is 5.43. The average molecular weight is 473 g/mol. The number of aromatic nitrogens is 1. The number of aromatic amines is 1. The Hall–Kier alpha value is -3.16. The summed E-state index contributed by atoms with van der Waals surface area (Å²) in [6.07, 6.45) is 1.41. The molecule has 2 atom stereocenters. The van der Waals surface area contributed by atoms with Crippen molar-refractivity contribution in [3.8, 4) is 0 Å². The Balaban J connectivity index is 1.33. The van der Waals surface area contributed by atoms with Gasteiger partial charge in [-0.25, -0.2) is 0 Å². The van der Waals surface area contributed by atoms with Crippen molar-refractivity contribution in [1.29, 1.82) is 0 Å². The zero-order valence-corrected chi connectivity index (χ0v) is 20.2. The topological polar surface area (TPSA) is 68.9 Å². The molecular weight excluding hydrogens is 440 g/mol. The van der Waals surface area contributed by atoms with Gasteiger partial charge >= 0.3 is 0 Å². The summed E-state index contributed by atoms with van der Waals surface area (Å²) in [6, 6.07) is 15.7. The molecule has 1 aromatic heterocycles. The van der Waals surface area contributed by atoms with E-state index in [4.69, 9.17) is 4.74 Å². The van der Waals surface area contributed by atoms with Gasteiger partial charge in [-0.1, -0.05) is 42.5 Å². The molecule has 7 nitrogen and oxygen atoms in total. The second-order valence-electron chi connectivity index (χ2n) is 9.91. The van der Waals surface area contributed by atoms with Crippen molar-refractivity contribution in [3.63, 3.8) is 0 Å². The summed E-state index contributed by atoms with van der Waals surface area (Å²) >= 11 is 0. The molecule has 1 N–H and O–H groups in total. The predicted octanol–water partition coefficient (Wildman–Crippen LogP) is 2.88. The fourth-order valence-corrected chi connectivity index (χ4v) is 6.04. The van der Waals surface area contributed by atoms with Crippen molar-refractivity contribution in [1.82, 2.24) is 19.7 Å². The Morgan fingerprint density at radius 3 is 2.60 bits per heavy atom. The van der Waals surface area contributed by atoms with Crippen LogP contribution in [0, 0.1) is 6.92 Å². The van der Waals surface area contributed by atoms with Crippen molar-refractivity contribution in [2.75, 3.05) is 45.9 Å². The molecule has 3 aromatic rings. The number of H-pyrrole nitrogens is 1. The van der Waals surface area contributed by atoms with Gasteiger partial charge in [-0.2, -0.15) is 0 Å². The Kier molecular flexibility index (Phi) is 5.82. The fraction of sp³-hybridized carbons (Fsp3) is 0.429. The molecule has 2 fully saturated rings. The number of carbonyl (C=O) groups is 2. The molecule has 3 aliphatic rings. The molecule has 2 amide bonds. The third kappa shape index (κ3) is 3.93. The molecule has 7 heteroatoms. The van der Waals surface area contributed by atoms with E-state index in [1.54, 1.807) is 4.90 Å². The maximum absolute atomic E-state index is 13.8. The molecule has 3 aliphatic heterocycles. The molecular formula is C28H32N4O3. The first kappa shape index (κ1) is 22.3. The Morgan fingerprint density at radius 1 is 1.00 bits per heavy atom. The lowest BCUT2D eigenvalue weighted by Crippen LogP contribution is -2.63. The summed E-state index contributed by atoms with van der Waals surface area (Å²) in [5, 5.41) is 1.14. The van der Waals surface area contributed by atoms with Gasteiger partial charge in [-0.15, -0.1) is 0 Å². The number of fused-ring (bicyclic) bond motifs is 4. The first-order valence-electron chi connectivity index (χ1n) is 12.7. The van der Waals surface area contributed by atoms with Crippen LogP contribution >= 0.6 is 0 Å². The number of morpholine rings is 1. The summed E-state index contributed by atoms with van der Waals surface area (Å²) in [5.74, 6) is 0.0969. The van der Waals surface area contributed by atoms with Gasteiger partial charge in [0.05, 0.1) is 25.8 Å². The van der Waals surface area contributed by atoms with Crippen molar-refractivity contribution in [2.45, 2.75) is 31.8 Å². The summed E-state index contributed by atoms with van der Waals surface area (Å²) in [4.78, 5) is 37.1. The maximum Gasteiger partial charge on any atom is 0.246 e. The Morgan fingerprint density at radius 2 is 1.77 bits per heavy atom. The number of rotatable bonds is 5. The largest absolute Gasteiger partial charge is 0.379 e. The Bertz CT molecular complexity index is 1260. The third-order valence-corrected chi connectivity index (χ3v) is 7.83. The van der Waals surface area contributed by atoms with Crippen LogP contribution in [0.1, 0.15) is 34.8 Å². The molecule has 0 bridgehead atoms. The van der Waals surface area contributed by atoms with Crippen molar-refractivity contribution in [2.24, 2.45) is 0 Å². The molecule has 2 saturated heterocycles. The number of hydrogen-bond acceptors (Lipinski definition) is 4. The molecule has 0 aliphatic carbocycles. The average Bonchev–Trinajstić information content (AvgIpc) is 3.25. The van der Waals surface area contributed by atoms with Gasteiger partial charge in [0, 0.05) is 49.2 Å². The zero-order chi connectivity index (χ0) is 23.9. The first-order valence-corrected chi connectivity index (χ1v) is 12.7. The zero-order valence-electron chi connectivity index (χ0n) is 20.2. The van der Waals surface area contributed by atoms with Gasteiger partial charge in [-0.05, 0) is 36.1 Å². The summed E-state index contributed by atoms with van der Waals surface area (Å²) in [5.41, 5.74) is 5.45. The van der Waals surface area contributed by atoms with Crippen molar-refractivity contribution >= 4 is 22.7 Å². The van der Waals surface area contributed by atoms with E-state index in [9.17, 15) is 9.59 Å². The normalized spacial score (nSPS) is 23.0. The number of piperazine rings is 1. The highest BCUT2D eigenvalue weighted by Crippen LogP contribution is 2.43. The van der Waals surface area contributed by atoms with E-state index in [1.807, 2.05) is 29.2 Å². The number of nitrogens with zero attached hydrogens (tertiary/aromatic N) is 3. The van der Waals surface area contributed by atoms with Crippen LogP contribution < -0.4 is 0 Å². The molecule has 35 heavy (non-hydrogen) atoms. The standard InChI is InChI=1S/C28H32N4O3/c1-19-7-2-3-8-20(19)27-26-22(21-9-4-5-10-23(21)29-26)17-24-28(34)31(18-25(33)32(24)27)12-6-11-30-13-15-35-16-14-30/h2-5,7-10,24,27,29H,6,11-18H2,1H3/t24-,27?/m0/s1. The predicted molar refractivity (Wildman–Crippen MR) is 134 cm³/mol. The van der Waals surface area contributed by atoms with E-state index >= 15 is 0 Å². The first-order chi connectivity index (χ1) is 17.1. The van der Waals surface area contributed by atoms with E-state index < -0.39 is 6.04 Å². The molecule has 2 aromatic carbocycles. The van der Waals surface area contributed by atoms with Crippen molar-refractivity contribution in [3.05, 3.63) is 70.9 Å². The smallest absolute Gasteiger partial charge is 0.246 e. The van der Waals surface area contributed by atoms with Gasteiger partial charge < -0.3 is 19.5 Å². The Labute approximate surface area is 205 Å². The van der Waals surface area contributed by atoms with Crippen LogP contribution in [0.3, 0.4) is 0 Å². The lowest BCUT2D eigenvalue weighted by molar-refractivity contribution is -0.158. The molecule has 1 unspecified atom stereocenters. The highest BCUT2D eigenvalue weighted by molar-refractivity contribution is 5.97. The van der Waals surface area contributed by atoms with Gasteiger partial charge in [0.15, 0.2) is 0 Å². The molecule has 182 valence electrons. The van der Waals surface area contributed by atoms with Crippen LogP contribution in [0.2, 0.25) is 0 Å². The minimum Gasteiger partial charge on any atom is -0.379 e. The highest BCUT2D eigenvalue weighted by Gasteiger charge is 2.48. The number of hydrogen-bond donors (Lipinski definition) is 1. The number of aryl methyl sites for hydroxylation is 1. The fourth-order valence-electron chi connectivity index (χ4n) is 6.04. The molecule has 0 radical (unpaired) electrons. The number of para-hydroxylation sites is 1. The van der Waals surface area contributed by atoms with E-state index in [0.29, 0.717) is 13.0 Å². The van der Waals surface area contributed by atoms with Gasteiger partial charge in [-0.3, -0.25) is 14.5 Å². The maximum atomic E-state index is 13.8. The van der Waals surface area contributed by atoms with Crippen molar-refractivity contribution < 1.29 is 14.3 Å². The van der Waals surface area contributed by atoms with E-state index in [-0.39, 0.29) is 24.4 Å². The number of carbonyl (C=O) groups excluding carboxylic acids is 2. The third-order valence-electron chi connectivity index (χ3n) is 7.83. The van der Waals surface area contributed by atoms with Crippen LogP contribution in [-0.2, 0) is 20.7 Å². The van der Waals surface area contributed by atoms with E-state index in [2.05, 4.69) is 41.1 Å². The number of nitrogens with one attached hydrogen (secondary N) is 1. The minimum absolute atomic E-state index is 0.0264. The number of ether oxygens (including phenoxy) is 1. The van der Waals surface area contributed by atoms with Crippen LogP contribution in [0.5, 0.6) is 0 Å². The second kappa shape index (κ2) is 9.13. The lowest BCUT2D eigenvalue weighted by atomic mass is 9.85. The number of benzene rings is 2. The van der Waals surface area contributed by atoms with Crippen LogP contribution in [0.4, 0.5) is 0 Å². The van der Waals surface area contributed by atoms with Gasteiger partial charge in [0.25, 0.3) is 0 Å². The number of amides is 2. The molecule has 0 saturated carbocycles. The second-order valence-corrected chi connectivity index (χ2v) is 9.91. The van der Waals surface area contributed by atoms with Crippen LogP contribution in [0.25, 0.3) is 10.9 Å². The highest BCUT2D eigenvalue weighted by atomic mass is 16.5. The summed E-state index contributed by atoms with van der Waals surface area (Å²) in [6.45, 7) is 7.17. The molecule has 4 heterocycles. The quantitative estimate of drug-likeness (QED) is 0.620. The summed E-state index contributed by atoms with van der Waals surface area (Å²) in [7, 11) is 0. The van der Waals surface area contributed by atoms with Crippen LogP contribution in [-0.4, -0.2) is 83.5 Å². The van der Waals surface area contributed by atoms with E-state index in [0.717, 1.165) is 72.6 Å². The molecule has 0 spiro atoms. The van der Waals surface area contributed by atoms with E-state index in [1.165, 1.54) is 0 Å². The lowest BCUT2D eigenvalue weighted by Gasteiger charge is -2.47. The molecule has 6 rings (SSSR count). The van der Waals surface area contributed by atoms with Gasteiger partial charge in [0.2, 0.25) is 11.8 Å². The van der Waals surface area contributed by atoms with Crippen LogP contribution in [0.15, 0.2) is 48.5 Å². The minimum atomic E-state index is -0.476. The monoisotopic (exact) mass is 472 g/mol. The SMILES string of the molecule is Cc1ccccc1C1c2[nH]c3ccccc3c2C[C@H]2C(=O)N(CCCN3CCOCC3)CC(=O)N12.